The van der Waals surface area contributed by atoms with Crippen LogP contribution in [0, 0.1) is 0 Å². The van der Waals surface area contributed by atoms with Gasteiger partial charge in [-0.25, -0.2) is 4.98 Å². The van der Waals surface area contributed by atoms with Crippen LogP contribution >= 0.6 is 27.5 Å². The summed E-state index contributed by atoms with van der Waals surface area (Å²) in [7, 11) is 0. The van der Waals surface area contributed by atoms with Gasteiger partial charge < -0.3 is 5.32 Å². The quantitative estimate of drug-likeness (QED) is 0.886. The molecule has 0 aliphatic rings. The predicted molar refractivity (Wildman–Crippen MR) is 83.9 cm³/mol. The van der Waals surface area contributed by atoms with E-state index in [0.717, 1.165) is 12.0 Å². The molecular weight excluding hydrogens is 340 g/mol. The van der Waals surface area contributed by atoms with E-state index in [0.29, 0.717) is 15.2 Å². The first-order valence-corrected chi connectivity index (χ1v) is 7.45. The monoisotopic (exact) mass is 352 g/mol. The lowest BCUT2D eigenvalue weighted by Crippen LogP contribution is -2.29. The van der Waals surface area contributed by atoms with Crippen molar-refractivity contribution in [2.75, 3.05) is 0 Å². The molecule has 104 valence electrons. The van der Waals surface area contributed by atoms with E-state index in [9.17, 15) is 4.79 Å². The number of aromatic nitrogens is 1. The minimum atomic E-state index is -0.204. The molecule has 1 aromatic carbocycles. The standard InChI is InChI=1S/C15H14BrClN2O/c1-2-13(10-5-3-6-11(17)9-10)19-15(20)14-12(16)7-4-8-18-14/h3-9,13H,2H2,1H3,(H,19,20). The van der Waals surface area contributed by atoms with Gasteiger partial charge in [0.25, 0.3) is 5.91 Å². The molecule has 1 amide bonds. The number of nitrogens with one attached hydrogen (secondary N) is 1. The van der Waals surface area contributed by atoms with Gasteiger partial charge in [0.05, 0.1) is 6.04 Å². The second kappa shape index (κ2) is 6.86. The van der Waals surface area contributed by atoms with Crippen molar-refractivity contribution in [3.05, 3.63) is 63.3 Å². The number of carbonyl (C=O) groups is 1. The Bertz CT molecular complexity index is 618. The van der Waals surface area contributed by atoms with Gasteiger partial charge >= 0.3 is 0 Å². The van der Waals surface area contributed by atoms with Gasteiger partial charge in [-0.05, 0) is 52.2 Å². The van der Waals surface area contributed by atoms with Crippen molar-refractivity contribution in [3.8, 4) is 0 Å². The Hall–Kier alpha value is -1.39. The summed E-state index contributed by atoms with van der Waals surface area (Å²) in [4.78, 5) is 16.3. The van der Waals surface area contributed by atoms with E-state index in [1.807, 2.05) is 31.2 Å². The molecule has 5 heteroatoms. The largest absolute Gasteiger partial charge is 0.344 e. The van der Waals surface area contributed by atoms with Gasteiger partial charge in [0.1, 0.15) is 5.69 Å². The molecule has 2 aromatic rings. The van der Waals surface area contributed by atoms with Crippen LogP contribution in [0.15, 0.2) is 47.1 Å². The van der Waals surface area contributed by atoms with Crippen LogP contribution in [-0.4, -0.2) is 10.9 Å². The Labute approximate surface area is 131 Å². The van der Waals surface area contributed by atoms with Gasteiger partial charge in [0.15, 0.2) is 0 Å². The molecule has 3 nitrogen and oxygen atoms in total. The Morgan fingerprint density at radius 2 is 2.20 bits per heavy atom. The van der Waals surface area contributed by atoms with Crippen LogP contribution < -0.4 is 5.32 Å². The molecule has 0 aliphatic heterocycles. The number of nitrogens with zero attached hydrogens (tertiary/aromatic N) is 1. The SMILES string of the molecule is CCC(NC(=O)c1ncccc1Br)c1cccc(Cl)c1. The van der Waals surface area contributed by atoms with E-state index in [-0.39, 0.29) is 11.9 Å². The van der Waals surface area contributed by atoms with Crippen molar-refractivity contribution in [2.24, 2.45) is 0 Å². The Morgan fingerprint density at radius 1 is 1.40 bits per heavy atom. The summed E-state index contributed by atoms with van der Waals surface area (Å²) in [6.07, 6.45) is 2.37. The highest BCUT2D eigenvalue weighted by molar-refractivity contribution is 9.10. The molecule has 0 bridgehead atoms. The number of amides is 1. The highest BCUT2D eigenvalue weighted by Crippen LogP contribution is 2.21. The molecule has 1 heterocycles. The summed E-state index contributed by atoms with van der Waals surface area (Å²) in [5.41, 5.74) is 1.37. The van der Waals surface area contributed by atoms with Crippen LogP contribution in [0.2, 0.25) is 5.02 Å². The van der Waals surface area contributed by atoms with Gasteiger partial charge in [-0.3, -0.25) is 4.79 Å². The minimum absolute atomic E-state index is 0.0879. The fourth-order valence-electron chi connectivity index (χ4n) is 1.92. The number of hydrogen-bond acceptors (Lipinski definition) is 2. The zero-order chi connectivity index (χ0) is 14.5. The van der Waals surface area contributed by atoms with Crippen LogP contribution in [-0.2, 0) is 0 Å². The van der Waals surface area contributed by atoms with Crippen molar-refractivity contribution in [1.29, 1.82) is 0 Å². The molecule has 0 aliphatic carbocycles. The van der Waals surface area contributed by atoms with Gasteiger partial charge in [-0.15, -0.1) is 0 Å². The second-order valence-electron chi connectivity index (χ2n) is 4.32. The number of carbonyl (C=O) groups excluding carboxylic acids is 1. The van der Waals surface area contributed by atoms with Gasteiger partial charge in [0.2, 0.25) is 0 Å². The first-order valence-electron chi connectivity index (χ1n) is 6.28. The molecular formula is C15H14BrClN2O. The first-order chi connectivity index (χ1) is 9.61. The zero-order valence-corrected chi connectivity index (χ0v) is 13.3. The Morgan fingerprint density at radius 3 is 2.85 bits per heavy atom. The molecule has 0 saturated carbocycles. The summed E-state index contributed by atoms with van der Waals surface area (Å²) in [5, 5.41) is 3.64. The maximum absolute atomic E-state index is 12.3. The lowest BCUT2D eigenvalue weighted by atomic mass is 10.0. The number of pyridine rings is 1. The second-order valence-corrected chi connectivity index (χ2v) is 5.61. The molecule has 0 saturated heterocycles. The Balaban J connectivity index is 2.19. The van der Waals surface area contributed by atoms with Crippen molar-refractivity contribution in [2.45, 2.75) is 19.4 Å². The highest BCUT2D eigenvalue weighted by atomic mass is 79.9. The van der Waals surface area contributed by atoms with Crippen LogP contribution in [0.4, 0.5) is 0 Å². The van der Waals surface area contributed by atoms with Crippen LogP contribution in [0.1, 0.15) is 35.4 Å². The number of benzene rings is 1. The summed E-state index contributed by atoms with van der Waals surface area (Å²) >= 11 is 9.32. The molecule has 1 N–H and O–H groups in total. The van der Waals surface area contributed by atoms with Crippen molar-refractivity contribution in [3.63, 3.8) is 0 Å². The van der Waals surface area contributed by atoms with Crippen LogP contribution in [0.3, 0.4) is 0 Å². The third kappa shape index (κ3) is 3.58. The maximum Gasteiger partial charge on any atom is 0.271 e. The van der Waals surface area contributed by atoms with E-state index in [2.05, 4.69) is 26.2 Å². The van der Waals surface area contributed by atoms with Crippen molar-refractivity contribution >= 4 is 33.4 Å². The summed E-state index contributed by atoms with van der Waals surface area (Å²) in [6.45, 7) is 2.01. The summed E-state index contributed by atoms with van der Waals surface area (Å²) in [5.74, 6) is -0.204. The van der Waals surface area contributed by atoms with E-state index in [1.165, 1.54) is 0 Å². The van der Waals surface area contributed by atoms with Crippen molar-refractivity contribution in [1.82, 2.24) is 10.3 Å². The van der Waals surface area contributed by atoms with Gasteiger partial charge in [0, 0.05) is 15.7 Å². The van der Waals surface area contributed by atoms with E-state index >= 15 is 0 Å². The van der Waals surface area contributed by atoms with Crippen LogP contribution in [0.25, 0.3) is 0 Å². The molecule has 2 rings (SSSR count). The van der Waals surface area contributed by atoms with E-state index < -0.39 is 0 Å². The Kier molecular flexibility index (Phi) is 5.15. The number of hydrogen-bond donors (Lipinski definition) is 1. The van der Waals surface area contributed by atoms with Crippen molar-refractivity contribution < 1.29 is 4.79 Å². The molecule has 0 radical (unpaired) electrons. The predicted octanol–water partition coefficient (Wildman–Crippen LogP) is 4.38. The van der Waals surface area contributed by atoms with Crippen LogP contribution in [0.5, 0.6) is 0 Å². The lowest BCUT2D eigenvalue weighted by molar-refractivity contribution is 0.0929. The summed E-state index contributed by atoms with van der Waals surface area (Å²) in [6, 6.07) is 11.0. The maximum atomic E-state index is 12.3. The molecule has 1 atom stereocenters. The lowest BCUT2D eigenvalue weighted by Gasteiger charge is -2.17. The fourth-order valence-corrected chi connectivity index (χ4v) is 2.56. The minimum Gasteiger partial charge on any atom is -0.344 e. The average molecular weight is 354 g/mol. The zero-order valence-electron chi connectivity index (χ0n) is 10.9. The average Bonchev–Trinajstić information content (AvgIpc) is 2.45. The fraction of sp³-hybridized carbons (Fsp3) is 0.200. The van der Waals surface area contributed by atoms with E-state index in [1.54, 1.807) is 18.3 Å². The molecule has 1 unspecified atom stereocenters. The number of rotatable bonds is 4. The number of halogens is 2. The summed E-state index contributed by atoms with van der Waals surface area (Å²) < 4.78 is 0.679. The first kappa shape index (κ1) is 15.0. The molecule has 1 aromatic heterocycles. The molecule has 0 fully saturated rings. The van der Waals surface area contributed by atoms with Gasteiger partial charge in [-0.2, -0.15) is 0 Å². The topological polar surface area (TPSA) is 42.0 Å². The van der Waals surface area contributed by atoms with E-state index in [4.69, 9.17) is 11.6 Å². The normalized spacial score (nSPS) is 11.9. The highest BCUT2D eigenvalue weighted by Gasteiger charge is 2.17. The molecule has 20 heavy (non-hydrogen) atoms. The third-order valence-corrected chi connectivity index (χ3v) is 3.81. The smallest absolute Gasteiger partial charge is 0.271 e. The molecule has 0 spiro atoms. The third-order valence-electron chi connectivity index (χ3n) is 2.94. The van der Waals surface area contributed by atoms with Gasteiger partial charge in [-0.1, -0.05) is 30.7 Å².